The molecule has 27 heavy (non-hydrogen) atoms. The van der Waals surface area contributed by atoms with Gasteiger partial charge in [0, 0.05) is 17.3 Å². The van der Waals surface area contributed by atoms with Crippen molar-refractivity contribution in [2.24, 2.45) is 0 Å². The summed E-state index contributed by atoms with van der Waals surface area (Å²) in [5.74, 6) is 1.48. The summed E-state index contributed by atoms with van der Waals surface area (Å²) >= 11 is 1.42. The lowest BCUT2D eigenvalue weighted by Gasteiger charge is -2.07. The number of nitrogens with one attached hydrogen (secondary N) is 1. The SMILES string of the molecule is COc1cccc(NC(=O)c2cc(COc3ccc4c(c3)CCC4)cs2)c1. The van der Waals surface area contributed by atoms with E-state index in [2.05, 4.69) is 17.4 Å². The number of fused-ring (bicyclic) bond motifs is 1. The van der Waals surface area contributed by atoms with E-state index < -0.39 is 0 Å². The van der Waals surface area contributed by atoms with Crippen LogP contribution in [0, 0.1) is 0 Å². The number of amides is 1. The second-order valence-electron chi connectivity index (χ2n) is 6.58. The molecule has 4 nitrogen and oxygen atoms in total. The molecule has 0 atom stereocenters. The fourth-order valence-corrected chi connectivity index (χ4v) is 4.06. The van der Waals surface area contributed by atoms with E-state index in [1.807, 2.05) is 35.7 Å². The lowest BCUT2D eigenvalue weighted by atomic mass is 10.1. The molecule has 1 aliphatic rings. The molecule has 1 amide bonds. The summed E-state index contributed by atoms with van der Waals surface area (Å²) in [6.45, 7) is 0.460. The first-order valence-corrected chi connectivity index (χ1v) is 9.86. The lowest BCUT2D eigenvalue weighted by molar-refractivity contribution is 0.103. The first kappa shape index (κ1) is 17.6. The molecule has 3 aromatic rings. The van der Waals surface area contributed by atoms with Crippen LogP contribution < -0.4 is 14.8 Å². The Balaban J connectivity index is 1.37. The number of ether oxygens (including phenoxy) is 2. The van der Waals surface area contributed by atoms with Crippen molar-refractivity contribution in [3.05, 3.63) is 75.5 Å². The molecule has 138 valence electrons. The van der Waals surface area contributed by atoms with Gasteiger partial charge in [-0.25, -0.2) is 0 Å². The molecular weight excluding hydrogens is 358 g/mol. The summed E-state index contributed by atoms with van der Waals surface area (Å²) in [5.41, 5.74) is 4.55. The van der Waals surface area contributed by atoms with Crippen LogP contribution in [-0.2, 0) is 19.4 Å². The van der Waals surface area contributed by atoms with Gasteiger partial charge in [-0.15, -0.1) is 11.3 Å². The lowest BCUT2D eigenvalue weighted by Crippen LogP contribution is -2.10. The minimum atomic E-state index is -0.128. The maximum atomic E-state index is 12.4. The number of hydrogen-bond donors (Lipinski definition) is 1. The van der Waals surface area contributed by atoms with E-state index in [-0.39, 0.29) is 5.91 Å². The van der Waals surface area contributed by atoms with Gasteiger partial charge in [0.05, 0.1) is 12.0 Å². The number of benzene rings is 2. The second-order valence-corrected chi connectivity index (χ2v) is 7.49. The molecule has 0 fully saturated rings. The summed E-state index contributed by atoms with van der Waals surface area (Å²) in [6.07, 6.45) is 3.54. The smallest absolute Gasteiger partial charge is 0.265 e. The minimum Gasteiger partial charge on any atom is -0.497 e. The van der Waals surface area contributed by atoms with Crippen molar-refractivity contribution in [2.45, 2.75) is 25.9 Å². The van der Waals surface area contributed by atoms with E-state index in [1.165, 1.54) is 35.3 Å². The van der Waals surface area contributed by atoms with Gasteiger partial charge in [0.1, 0.15) is 18.1 Å². The second kappa shape index (κ2) is 7.84. The Morgan fingerprint density at radius 1 is 1.07 bits per heavy atom. The molecule has 5 heteroatoms. The van der Waals surface area contributed by atoms with Crippen LogP contribution in [0.3, 0.4) is 0 Å². The van der Waals surface area contributed by atoms with Crippen molar-refractivity contribution in [1.82, 2.24) is 0 Å². The Bertz CT molecular complexity index is 964. The highest BCUT2D eigenvalue weighted by molar-refractivity contribution is 7.12. The molecule has 0 saturated carbocycles. The summed E-state index contributed by atoms with van der Waals surface area (Å²) < 4.78 is 11.1. The molecule has 0 radical (unpaired) electrons. The van der Waals surface area contributed by atoms with Crippen LogP contribution in [-0.4, -0.2) is 13.0 Å². The highest BCUT2D eigenvalue weighted by Crippen LogP contribution is 2.27. The number of aryl methyl sites for hydroxylation is 2. The Labute approximate surface area is 162 Å². The number of hydrogen-bond acceptors (Lipinski definition) is 4. The van der Waals surface area contributed by atoms with Gasteiger partial charge in [0.25, 0.3) is 5.91 Å². The molecule has 4 rings (SSSR count). The first-order valence-electron chi connectivity index (χ1n) is 8.99. The summed E-state index contributed by atoms with van der Waals surface area (Å²) in [5, 5.41) is 4.87. The Morgan fingerprint density at radius 3 is 2.85 bits per heavy atom. The van der Waals surface area contributed by atoms with Crippen molar-refractivity contribution in [3.8, 4) is 11.5 Å². The number of carbonyl (C=O) groups is 1. The summed E-state index contributed by atoms with van der Waals surface area (Å²) in [4.78, 5) is 13.1. The number of rotatable bonds is 6. The van der Waals surface area contributed by atoms with Gasteiger partial charge in [-0.05, 0) is 66.1 Å². The fraction of sp³-hybridized carbons (Fsp3) is 0.227. The van der Waals surface area contributed by atoms with Crippen molar-refractivity contribution in [3.63, 3.8) is 0 Å². The molecule has 0 saturated heterocycles. The largest absolute Gasteiger partial charge is 0.497 e. The Hall–Kier alpha value is -2.79. The zero-order valence-electron chi connectivity index (χ0n) is 15.2. The van der Waals surface area contributed by atoms with Crippen molar-refractivity contribution >= 4 is 22.9 Å². The summed E-state index contributed by atoms with van der Waals surface area (Å²) in [6, 6.07) is 15.5. The number of methoxy groups -OCH3 is 1. The maximum Gasteiger partial charge on any atom is 0.265 e. The zero-order valence-corrected chi connectivity index (χ0v) is 16.0. The Morgan fingerprint density at radius 2 is 1.96 bits per heavy atom. The van der Waals surface area contributed by atoms with E-state index in [1.54, 1.807) is 13.2 Å². The molecule has 1 heterocycles. The van der Waals surface area contributed by atoms with Crippen LogP contribution in [0.25, 0.3) is 0 Å². The van der Waals surface area contributed by atoms with Gasteiger partial charge in [0.2, 0.25) is 0 Å². The van der Waals surface area contributed by atoms with Crippen LogP contribution in [0.1, 0.15) is 32.8 Å². The molecule has 0 spiro atoms. The Kier molecular flexibility index (Phi) is 5.12. The number of carbonyl (C=O) groups excluding carboxylic acids is 1. The average molecular weight is 379 g/mol. The highest BCUT2D eigenvalue weighted by Gasteiger charge is 2.13. The van der Waals surface area contributed by atoms with Crippen LogP contribution >= 0.6 is 11.3 Å². The van der Waals surface area contributed by atoms with Crippen LogP contribution in [0.4, 0.5) is 5.69 Å². The molecule has 0 unspecified atom stereocenters. The monoisotopic (exact) mass is 379 g/mol. The van der Waals surface area contributed by atoms with Gasteiger partial charge in [-0.2, -0.15) is 0 Å². The van der Waals surface area contributed by atoms with E-state index in [9.17, 15) is 4.79 Å². The quantitative estimate of drug-likeness (QED) is 0.650. The van der Waals surface area contributed by atoms with Crippen LogP contribution in [0.5, 0.6) is 11.5 Å². The number of anilines is 1. The molecule has 1 N–H and O–H groups in total. The highest BCUT2D eigenvalue weighted by atomic mass is 32.1. The molecule has 2 aromatic carbocycles. The average Bonchev–Trinajstić information content (AvgIpc) is 3.35. The van der Waals surface area contributed by atoms with Gasteiger partial charge < -0.3 is 14.8 Å². The normalized spacial score (nSPS) is 12.5. The standard InChI is InChI=1S/C22H21NO3S/c1-25-19-7-3-6-18(12-19)23-22(24)21-10-15(14-27-21)13-26-20-9-8-16-4-2-5-17(16)11-20/h3,6-12,14H,2,4-5,13H2,1H3,(H,23,24). The van der Waals surface area contributed by atoms with Gasteiger partial charge in [0.15, 0.2) is 0 Å². The third-order valence-electron chi connectivity index (χ3n) is 4.68. The van der Waals surface area contributed by atoms with Gasteiger partial charge in [-0.1, -0.05) is 12.1 Å². The molecular formula is C22H21NO3S. The zero-order chi connectivity index (χ0) is 18.6. The third kappa shape index (κ3) is 4.14. The van der Waals surface area contributed by atoms with Crippen molar-refractivity contribution in [1.29, 1.82) is 0 Å². The predicted octanol–water partition coefficient (Wildman–Crippen LogP) is 5.08. The van der Waals surface area contributed by atoms with Crippen molar-refractivity contribution in [2.75, 3.05) is 12.4 Å². The van der Waals surface area contributed by atoms with E-state index in [4.69, 9.17) is 9.47 Å². The molecule has 0 bridgehead atoms. The van der Waals surface area contributed by atoms with Crippen molar-refractivity contribution < 1.29 is 14.3 Å². The maximum absolute atomic E-state index is 12.4. The minimum absolute atomic E-state index is 0.128. The molecule has 1 aromatic heterocycles. The van der Waals surface area contributed by atoms with E-state index >= 15 is 0 Å². The van der Waals surface area contributed by atoms with Gasteiger partial charge >= 0.3 is 0 Å². The molecule has 0 aliphatic heterocycles. The van der Waals surface area contributed by atoms with E-state index in [0.717, 1.165) is 17.7 Å². The van der Waals surface area contributed by atoms with E-state index in [0.29, 0.717) is 22.9 Å². The van der Waals surface area contributed by atoms with Gasteiger partial charge in [-0.3, -0.25) is 4.79 Å². The van der Waals surface area contributed by atoms with Crippen LogP contribution in [0.2, 0.25) is 0 Å². The fourth-order valence-electron chi connectivity index (χ4n) is 3.27. The topological polar surface area (TPSA) is 47.6 Å². The van der Waals surface area contributed by atoms with Crippen LogP contribution in [0.15, 0.2) is 53.9 Å². The first-order chi connectivity index (χ1) is 13.2. The molecule has 1 aliphatic carbocycles. The summed E-state index contributed by atoms with van der Waals surface area (Å²) in [7, 11) is 1.60. The predicted molar refractivity (Wildman–Crippen MR) is 108 cm³/mol. The third-order valence-corrected chi connectivity index (χ3v) is 5.66. The number of thiophene rings is 1.